The zero-order valence-electron chi connectivity index (χ0n) is 12.7. The number of halogens is 3. The van der Waals surface area contributed by atoms with Crippen molar-refractivity contribution in [3.63, 3.8) is 0 Å². The lowest BCUT2D eigenvalue weighted by atomic mass is 10.2. The molecule has 6 heteroatoms. The molecule has 0 atom stereocenters. The molecule has 2 aromatic rings. The van der Waals surface area contributed by atoms with Crippen molar-refractivity contribution in [1.82, 2.24) is 0 Å². The summed E-state index contributed by atoms with van der Waals surface area (Å²) in [7, 11) is 0. The van der Waals surface area contributed by atoms with Crippen LogP contribution in [0, 0.1) is 5.92 Å². The minimum Gasteiger partial charge on any atom is -0.493 e. The lowest BCUT2D eigenvalue weighted by molar-refractivity contribution is 0.102. The zero-order valence-corrected chi connectivity index (χ0v) is 15.0. The molecule has 1 amide bonds. The highest BCUT2D eigenvalue weighted by Crippen LogP contribution is 2.31. The first-order valence-electron chi connectivity index (χ1n) is 7.06. The Bertz CT molecular complexity index is 697. The van der Waals surface area contributed by atoms with Gasteiger partial charge in [-0.15, -0.1) is 0 Å². The van der Waals surface area contributed by atoms with Crippen molar-refractivity contribution in [2.75, 3.05) is 11.9 Å². The Balaban J connectivity index is 2.23. The van der Waals surface area contributed by atoms with Crippen LogP contribution in [0.5, 0.6) is 5.75 Å². The molecule has 0 aliphatic heterocycles. The van der Waals surface area contributed by atoms with Crippen molar-refractivity contribution in [2.45, 2.75) is 13.8 Å². The largest absolute Gasteiger partial charge is 0.493 e. The molecule has 0 fully saturated rings. The van der Waals surface area contributed by atoms with E-state index in [1.54, 1.807) is 36.4 Å². The van der Waals surface area contributed by atoms with Gasteiger partial charge in [0.25, 0.3) is 5.91 Å². The summed E-state index contributed by atoms with van der Waals surface area (Å²) in [5.41, 5.74) is 0.648. The maximum atomic E-state index is 12.5. The van der Waals surface area contributed by atoms with Gasteiger partial charge in [0.2, 0.25) is 0 Å². The number of rotatable bonds is 5. The number of amides is 1. The number of nitrogens with one attached hydrogen (secondary N) is 1. The van der Waals surface area contributed by atoms with Crippen molar-refractivity contribution in [3.8, 4) is 5.75 Å². The summed E-state index contributed by atoms with van der Waals surface area (Å²) in [4.78, 5) is 12.5. The first kappa shape index (κ1) is 17.9. The number of ether oxygens (including phenoxy) is 1. The molecule has 23 heavy (non-hydrogen) atoms. The van der Waals surface area contributed by atoms with E-state index in [4.69, 9.17) is 39.5 Å². The second kappa shape index (κ2) is 7.91. The molecule has 0 saturated carbocycles. The number of benzene rings is 2. The van der Waals surface area contributed by atoms with Crippen LogP contribution in [-0.4, -0.2) is 12.5 Å². The van der Waals surface area contributed by atoms with E-state index in [0.29, 0.717) is 44.6 Å². The van der Waals surface area contributed by atoms with Gasteiger partial charge < -0.3 is 10.1 Å². The molecule has 1 N–H and O–H groups in total. The van der Waals surface area contributed by atoms with Crippen molar-refractivity contribution in [1.29, 1.82) is 0 Å². The van der Waals surface area contributed by atoms with E-state index >= 15 is 0 Å². The van der Waals surface area contributed by atoms with Gasteiger partial charge in [0.15, 0.2) is 0 Å². The van der Waals surface area contributed by atoms with Crippen LogP contribution in [0.2, 0.25) is 15.1 Å². The monoisotopic (exact) mass is 371 g/mol. The maximum absolute atomic E-state index is 12.5. The molecule has 0 spiro atoms. The van der Waals surface area contributed by atoms with E-state index in [0.717, 1.165) is 0 Å². The maximum Gasteiger partial charge on any atom is 0.257 e. The van der Waals surface area contributed by atoms with E-state index in [9.17, 15) is 4.79 Å². The van der Waals surface area contributed by atoms with Crippen LogP contribution >= 0.6 is 34.8 Å². The summed E-state index contributed by atoms with van der Waals surface area (Å²) < 4.78 is 5.62. The number of para-hydroxylation sites is 1. The van der Waals surface area contributed by atoms with E-state index < -0.39 is 5.91 Å². The van der Waals surface area contributed by atoms with E-state index in [2.05, 4.69) is 5.32 Å². The van der Waals surface area contributed by atoms with E-state index in [-0.39, 0.29) is 0 Å². The Morgan fingerprint density at radius 2 is 1.74 bits per heavy atom. The van der Waals surface area contributed by atoms with Gasteiger partial charge in [-0.05, 0) is 36.2 Å². The zero-order chi connectivity index (χ0) is 17.0. The fourth-order valence-electron chi connectivity index (χ4n) is 1.83. The predicted octanol–water partition coefficient (Wildman–Crippen LogP) is 5.93. The molecule has 0 aliphatic carbocycles. The molecular weight excluding hydrogens is 357 g/mol. The van der Waals surface area contributed by atoms with Crippen molar-refractivity contribution < 1.29 is 9.53 Å². The number of hydrogen-bond acceptors (Lipinski definition) is 2. The van der Waals surface area contributed by atoms with Gasteiger partial charge in [-0.3, -0.25) is 4.79 Å². The highest BCUT2D eigenvalue weighted by atomic mass is 35.5. The molecule has 0 radical (unpaired) electrons. The van der Waals surface area contributed by atoms with Gasteiger partial charge in [0.05, 0.1) is 32.9 Å². The van der Waals surface area contributed by atoms with Crippen molar-refractivity contribution in [3.05, 3.63) is 57.0 Å². The summed E-state index contributed by atoms with van der Waals surface area (Å²) in [6.07, 6.45) is 0. The van der Waals surface area contributed by atoms with Crippen molar-refractivity contribution >= 4 is 46.4 Å². The molecule has 0 heterocycles. The molecule has 122 valence electrons. The molecule has 2 aromatic carbocycles. The van der Waals surface area contributed by atoms with Gasteiger partial charge in [-0.25, -0.2) is 0 Å². The van der Waals surface area contributed by atoms with Gasteiger partial charge in [-0.1, -0.05) is 54.7 Å². The number of carbonyl (C=O) groups excluding carboxylic acids is 1. The average molecular weight is 373 g/mol. The van der Waals surface area contributed by atoms with Gasteiger partial charge in [0, 0.05) is 0 Å². The van der Waals surface area contributed by atoms with Crippen LogP contribution in [0.3, 0.4) is 0 Å². The lowest BCUT2D eigenvalue weighted by Crippen LogP contribution is -2.14. The first-order chi connectivity index (χ1) is 10.9. The summed E-state index contributed by atoms with van der Waals surface area (Å²) in [5, 5.41) is 3.72. The van der Waals surface area contributed by atoms with Crippen LogP contribution in [0.25, 0.3) is 0 Å². The molecule has 0 saturated heterocycles. The Kier molecular flexibility index (Phi) is 6.17. The Hall–Kier alpha value is -1.42. The Morgan fingerprint density at radius 3 is 2.35 bits per heavy atom. The van der Waals surface area contributed by atoms with Crippen LogP contribution < -0.4 is 10.1 Å². The van der Waals surface area contributed by atoms with Gasteiger partial charge >= 0.3 is 0 Å². The smallest absolute Gasteiger partial charge is 0.257 e. The van der Waals surface area contributed by atoms with E-state index in [1.807, 2.05) is 13.8 Å². The molecule has 2 rings (SSSR count). The van der Waals surface area contributed by atoms with Gasteiger partial charge in [0.1, 0.15) is 5.75 Å². The number of hydrogen-bond donors (Lipinski definition) is 1. The Labute approximate surface area is 150 Å². The average Bonchev–Trinajstić information content (AvgIpc) is 2.50. The third kappa shape index (κ3) is 4.77. The minimum atomic E-state index is -0.403. The second-order valence-corrected chi connectivity index (χ2v) is 6.62. The normalized spacial score (nSPS) is 10.7. The molecule has 0 aliphatic rings. The summed E-state index contributed by atoms with van der Waals surface area (Å²) in [5.74, 6) is 0.559. The minimum absolute atomic E-state index is 0.295. The standard InChI is InChI=1S/C17H16Cl3NO2/c1-10(2)9-23-11-6-7-13(18)12(8-11)17(22)21-16-14(19)4-3-5-15(16)20/h3-8,10H,9H2,1-2H3,(H,21,22). The molecule has 3 nitrogen and oxygen atoms in total. The SMILES string of the molecule is CC(C)COc1ccc(Cl)c(C(=O)Nc2c(Cl)cccc2Cl)c1. The van der Waals surface area contributed by atoms with E-state index in [1.165, 1.54) is 0 Å². The highest BCUT2D eigenvalue weighted by molar-refractivity contribution is 6.40. The third-order valence-corrected chi connectivity index (χ3v) is 3.93. The first-order valence-corrected chi connectivity index (χ1v) is 8.19. The molecular formula is C17H16Cl3NO2. The topological polar surface area (TPSA) is 38.3 Å². The van der Waals surface area contributed by atoms with Crippen LogP contribution in [-0.2, 0) is 0 Å². The number of carbonyl (C=O) groups is 1. The summed E-state index contributed by atoms with van der Waals surface area (Å²) in [6, 6.07) is 9.95. The summed E-state index contributed by atoms with van der Waals surface area (Å²) >= 11 is 18.2. The highest BCUT2D eigenvalue weighted by Gasteiger charge is 2.15. The Morgan fingerprint density at radius 1 is 1.09 bits per heavy atom. The predicted molar refractivity (Wildman–Crippen MR) is 96.2 cm³/mol. The quantitative estimate of drug-likeness (QED) is 0.706. The molecule has 0 unspecified atom stereocenters. The van der Waals surface area contributed by atoms with Crippen LogP contribution in [0.15, 0.2) is 36.4 Å². The second-order valence-electron chi connectivity index (χ2n) is 5.40. The van der Waals surface area contributed by atoms with Crippen molar-refractivity contribution in [2.24, 2.45) is 5.92 Å². The molecule has 0 aromatic heterocycles. The summed E-state index contributed by atoms with van der Waals surface area (Å²) in [6.45, 7) is 4.64. The third-order valence-electron chi connectivity index (χ3n) is 2.97. The van der Waals surface area contributed by atoms with Crippen LogP contribution in [0.4, 0.5) is 5.69 Å². The van der Waals surface area contributed by atoms with Crippen LogP contribution in [0.1, 0.15) is 24.2 Å². The fraction of sp³-hybridized carbons (Fsp3) is 0.235. The number of anilines is 1. The lowest BCUT2D eigenvalue weighted by Gasteiger charge is -2.12. The molecule has 0 bridgehead atoms. The van der Waals surface area contributed by atoms with Gasteiger partial charge in [-0.2, -0.15) is 0 Å². The fourth-order valence-corrected chi connectivity index (χ4v) is 2.52.